The molecule has 32 heavy (non-hydrogen) atoms. The Kier molecular flexibility index (Phi) is 0.645. The lowest BCUT2D eigenvalue weighted by molar-refractivity contribution is -1.10. The van der Waals surface area contributed by atoms with E-state index in [1.807, 2.05) is 0 Å². The van der Waals surface area contributed by atoms with Crippen LogP contribution in [0.25, 0.3) is 0 Å². The van der Waals surface area contributed by atoms with Gasteiger partial charge in [-0.2, -0.15) is 0 Å². The number of fused-ring (bicyclic) bond motifs is 10. The van der Waals surface area contributed by atoms with Crippen LogP contribution in [0.3, 0.4) is 0 Å². The van der Waals surface area contributed by atoms with Crippen LogP contribution in [-0.4, -0.2) is 0 Å². The van der Waals surface area contributed by atoms with E-state index in [-0.39, 0.29) is 0 Å². The van der Waals surface area contributed by atoms with Gasteiger partial charge in [-0.25, -0.2) is 0 Å². The summed E-state index contributed by atoms with van der Waals surface area (Å²) in [6.07, 6.45) is 7.12. The Morgan fingerprint density at radius 1 is 0.344 bits per heavy atom. The van der Waals surface area contributed by atoms with Gasteiger partial charge in [-0.05, 0) is 185 Å². The van der Waals surface area contributed by atoms with Crippen molar-refractivity contribution in [2.24, 2.45) is 160 Å². The third kappa shape index (κ3) is 0.269. The van der Waals surface area contributed by atoms with E-state index in [1.165, 1.54) is 94.7 Å². The maximum atomic E-state index is 1.80. The minimum atomic E-state index is 1.11. The molecule has 21 saturated carbocycles. The zero-order valence-corrected chi connectivity index (χ0v) is 18.1. The highest BCUT2D eigenvalue weighted by atomic mass is 15.6. The van der Waals surface area contributed by atoms with Crippen molar-refractivity contribution < 1.29 is 0 Å². The Bertz CT molecular complexity index is 1610. The Hall–Kier alpha value is 0. The Morgan fingerprint density at radius 3 is 1.28 bits per heavy atom. The standard InChI is InChI=1S/C32H24/c1-2-6-12-18-11-5(1)13-19-16-9-3-7-15-8-4-10-17-20-14(6)24(12)26(18)23(11,13)29(19)27(16)21(7,9)25(15)22(8,10)28(17)30(20,24)32(26,29)31(25,27)28/h5-20H,1-4H2. The van der Waals surface area contributed by atoms with Gasteiger partial charge in [0.1, 0.15) is 0 Å². The van der Waals surface area contributed by atoms with Crippen LogP contribution in [0.2, 0.25) is 0 Å². The lowest BCUT2D eigenvalue weighted by Crippen LogP contribution is -3.53. The molecule has 21 fully saturated rings. The number of rotatable bonds is 0. The molecule has 21 aliphatic rings. The average molecular weight is 409 g/mol. The van der Waals surface area contributed by atoms with Gasteiger partial charge in [-0.15, -0.1) is 0 Å². The second-order valence-corrected chi connectivity index (χ2v) is 19.9. The van der Waals surface area contributed by atoms with Crippen LogP contribution >= 0.6 is 0 Å². The quantitative estimate of drug-likeness (QED) is 0.575. The topological polar surface area (TPSA) is 0 Å². The molecule has 0 nitrogen and oxygen atoms in total. The molecule has 152 valence electrons. The van der Waals surface area contributed by atoms with Gasteiger partial charge in [-0.3, -0.25) is 0 Å². The van der Waals surface area contributed by atoms with Crippen molar-refractivity contribution in [2.75, 3.05) is 0 Å². The number of hydrogen-bond donors (Lipinski definition) is 0. The molecule has 0 bridgehead atoms. The molecule has 0 heterocycles. The van der Waals surface area contributed by atoms with E-state index in [9.17, 15) is 0 Å². The van der Waals surface area contributed by atoms with Crippen molar-refractivity contribution >= 4 is 0 Å². The van der Waals surface area contributed by atoms with E-state index in [1.54, 1.807) is 25.7 Å². The van der Waals surface area contributed by atoms with Crippen LogP contribution in [0.4, 0.5) is 0 Å². The zero-order chi connectivity index (χ0) is 18.1. The van der Waals surface area contributed by atoms with Gasteiger partial charge in [0.05, 0.1) is 0 Å². The molecule has 0 heteroatoms. The third-order valence-corrected chi connectivity index (χ3v) is 25.8. The van der Waals surface area contributed by atoms with Crippen molar-refractivity contribution in [2.45, 2.75) is 25.7 Å². The molecule has 12 spiro atoms. The van der Waals surface area contributed by atoms with E-state index >= 15 is 0 Å². The van der Waals surface area contributed by atoms with Crippen LogP contribution in [0.15, 0.2) is 0 Å². The SMILES string of the molecule is C1CC2C3C4C5C1C1C6C7C8CC9C%10C%11CC%12C%13C%14C2C32C43C51C61C74C98C%105C%11%12C%136C%142C31C546. The molecule has 22 atom stereocenters. The molecule has 22 unspecified atom stereocenters. The summed E-state index contributed by atoms with van der Waals surface area (Å²) >= 11 is 0. The second kappa shape index (κ2) is 1.81. The predicted octanol–water partition coefficient (Wildman–Crippen LogP) is 3.53. The molecule has 0 aliphatic heterocycles. The van der Waals surface area contributed by atoms with E-state index in [4.69, 9.17) is 0 Å². The first kappa shape index (κ1) is 11.4. The highest BCUT2D eigenvalue weighted by Gasteiger charge is 3.55. The van der Waals surface area contributed by atoms with Crippen LogP contribution in [0, 0.1) is 160 Å². The largest absolute Gasteiger partial charge is 0.0496 e. The highest BCUT2D eigenvalue weighted by molar-refractivity contribution is 5.99. The third-order valence-electron chi connectivity index (χ3n) is 25.8. The molecule has 0 aromatic rings. The van der Waals surface area contributed by atoms with Crippen LogP contribution in [0.5, 0.6) is 0 Å². The van der Waals surface area contributed by atoms with E-state index in [0.717, 1.165) is 65.0 Å². The minimum Gasteiger partial charge on any atom is -0.0496 e. The van der Waals surface area contributed by atoms with E-state index in [0.29, 0.717) is 0 Å². The summed E-state index contributed by atoms with van der Waals surface area (Å²) in [4.78, 5) is 0. The van der Waals surface area contributed by atoms with Crippen molar-refractivity contribution in [3.63, 3.8) is 0 Å². The van der Waals surface area contributed by atoms with Crippen LogP contribution in [-0.2, 0) is 0 Å². The van der Waals surface area contributed by atoms with Gasteiger partial charge in [-0.1, -0.05) is 0 Å². The molecule has 0 amide bonds. The Balaban J connectivity index is 1.10. The molecular formula is C32H24. The zero-order valence-electron chi connectivity index (χ0n) is 18.1. The minimum absolute atomic E-state index is 1.11. The van der Waals surface area contributed by atoms with Gasteiger partial charge in [0.15, 0.2) is 0 Å². The molecule has 0 radical (unpaired) electrons. The summed E-state index contributed by atoms with van der Waals surface area (Å²) in [5.41, 5.74) is 13.4. The molecule has 0 N–H and O–H groups in total. The highest BCUT2D eigenvalue weighted by Crippen LogP contribution is 3.56. The molecular weight excluding hydrogens is 384 g/mol. The predicted molar refractivity (Wildman–Crippen MR) is 104 cm³/mol. The fourth-order valence-corrected chi connectivity index (χ4v) is 31.8. The smallest absolute Gasteiger partial charge is 0.00108 e. The van der Waals surface area contributed by atoms with Crippen LogP contribution in [0.1, 0.15) is 25.7 Å². The molecule has 0 aromatic carbocycles. The van der Waals surface area contributed by atoms with Gasteiger partial charge in [0.2, 0.25) is 0 Å². The number of hydrogen-bond acceptors (Lipinski definition) is 0. The maximum absolute atomic E-state index is 1.80. The summed E-state index contributed by atoms with van der Waals surface area (Å²) in [6.45, 7) is 0. The van der Waals surface area contributed by atoms with Gasteiger partial charge < -0.3 is 0 Å². The summed E-state index contributed by atoms with van der Waals surface area (Å²) in [5, 5.41) is 0. The fourth-order valence-electron chi connectivity index (χ4n) is 31.8. The van der Waals surface area contributed by atoms with E-state index in [2.05, 4.69) is 0 Å². The van der Waals surface area contributed by atoms with Gasteiger partial charge in [0.25, 0.3) is 0 Å². The average Bonchev–Trinajstić information content (AvgIpc) is 2.68. The van der Waals surface area contributed by atoms with Crippen molar-refractivity contribution in [1.82, 2.24) is 0 Å². The summed E-state index contributed by atoms with van der Waals surface area (Å²) in [7, 11) is 0. The first-order valence-corrected chi connectivity index (χ1v) is 15.9. The lowest BCUT2D eigenvalue weighted by Gasteiger charge is -3.54. The summed E-state index contributed by atoms with van der Waals surface area (Å²) < 4.78 is 0. The van der Waals surface area contributed by atoms with Crippen LogP contribution < -0.4 is 0 Å². The maximum Gasteiger partial charge on any atom is -0.00108 e. The Labute approximate surface area is 185 Å². The molecule has 21 rings (SSSR count). The van der Waals surface area contributed by atoms with Gasteiger partial charge >= 0.3 is 0 Å². The molecule has 21 aliphatic carbocycles. The lowest BCUT2D eigenvalue weighted by atomic mass is 8.48. The fraction of sp³-hybridized carbons (Fsp3) is 1.00. The molecule has 0 aromatic heterocycles. The van der Waals surface area contributed by atoms with Gasteiger partial charge in [0, 0.05) is 0 Å². The van der Waals surface area contributed by atoms with E-state index < -0.39 is 0 Å². The monoisotopic (exact) mass is 408 g/mol. The normalized spacial score (nSPS) is 129. The molecule has 0 saturated heterocycles. The van der Waals surface area contributed by atoms with Crippen molar-refractivity contribution in [1.29, 1.82) is 0 Å². The van der Waals surface area contributed by atoms with Crippen molar-refractivity contribution in [3.8, 4) is 0 Å². The second-order valence-electron chi connectivity index (χ2n) is 19.9. The summed E-state index contributed by atoms with van der Waals surface area (Å²) in [5.74, 6) is 21.8. The first-order chi connectivity index (χ1) is 15.9. The van der Waals surface area contributed by atoms with Crippen molar-refractivity contribution in [3.05, 3.63) is 0 Å². The Morgan fingerprint density at radius 2 is 0.750 bits per heavy atom. The first-order valence-electron chi connectivity index (χ1n) is 15.9. The summed E-state index contributed by atoms with van der Waals surface area (Å²) in [6, 6.07) is 0.